The molecule has 1 aliphatic heterocycles. The molecule has 2 heterocycles. The lowest BCUT2D eigenvalue weighted by molar-refractivity contribution is 0.503. The molecule has 1 aromatic rings. The Balaban J connectivity index is 2.67. The summed E-state index contributed by atoms with van der Waals surface area (Å²) in [6.07, 6.45) is 0. The van der Waals surface area contributed by atoms with Crippen LogP contribution in [0.1, 0.15) is 12.6 Å². The van der Waals surface area contributed by atoms with Crippen molar-refractivity contribution in [2.24, 2.45) is 16.5 Å². The fourth-order valence-electron chi connectivity index (χ4n) is 1.60. The number of hydrogen-bond acceptors (Lipinski definition) is 8. The maximum absolute atomic E-state index is 5.99. The van der Waals surface area contributed by atoms with Gasteiger partial charge in [-0.05, 0) is 6.92 Å². The van der Waals surface area contributed by atoms with E-state index in [2.05, 4.69) is 25.6 Å². The third-order valence-corrected chi connectivity index (χ3v) is 2.25. The molecule has 0 spiro atoms. The van der Waals surface area contributed by atoms with E-state index in [0.717, 1.165) is 0 Å². The van der Waals surface area contributed by atoms with Crippen molar-refractivity contribution in [3.8, 4) is 0 Å². The van der Waals surface area contributed by atoms with Crippen LogP contribution in [0.2, 0.25) is 0 Å². The SMILES string of the molecule is CNc1nc(N)nc2c1NC(N)=NC2(C)N. The smallest absolute Gasteiger partial charge is 0.222 e. The number of guanidine groups is 1. The van der Waals surface area contributed by atoms with E-state index in [4.69, 9.17) is 17.2 Å². The third kappa shape index (κ3) is 1.48. The van der Waals surface area contributed by atoms with Crippen LogP contribution in [0.3, 0.4) is 0 Å². The topological polar surface area (TPSA) is 140 Å². The van der Waals surface area contributed by atoms with E-state index in [1.807, 2.05) is 0 Å². The lowest BCUT2D eigenvalue weighted by Crippen LogP contribution is -2.42. The number of nitrogens with zero attached hydrogens (tertiary/aromatic N) is 3. The van der Waals surface area contributed by atoms with Gasteiger partial charge in [0.1, 0.15) is 11.4 Å². The van der Waals surface area contributed by atoms with E-state index in [1.54, 1.807) is 14.0 Å². The molecule has 8 nitrogen and oxygen atoms in total. The molecule has 1 aliphatic rings. The van der Waals surface area contributed by atoms with Crippen LogP contribution < -0.4 is 27.8 Å². The summed E-state index contributed by atoms with van der Waals surface area (Å²) in [7, 11) is 1.72. The van der Waals surface area contributed by atoms with Gasteiger partial charge in [-0.25, -0.2) is 9.98 Å². The van der Waals surface area contributed by atoms with Gasteiger partial charge in [0.15, 0.2) is 17.4 Å². The van der Waals surface area contributed by atoms with Crippen molar-refractivity contribution in [1.82, 2.24) is 9.97 Å². The molecule has 8 N–H and O–H groups in total. The highest BCUT2D eigenvalue weighted by Crippen LogP contribution is 2.33. The Morgan fingerprint density at radius 3 is 2.62 bits per heavy atom. The number of nitrogens with two attached hydrogens (primary N) is 3. The Kier molecular flexibility index (Phi) is 2.09. The highest BCUT2D eigenvalue weighted by atomic mass is 15.2. The van der Waals surface area contributed by atoms with Crippen molar-refractivity contribution in [3.05, 3.63) is 5.69 Å². The fraction of sp³-hybridized carbons (Fsp3) is 0.375. The largest absolute Gasteiger partial charge is 0.371 e. The number of nitrogen functional groups attached to an aromatic ring is 1. The van der Waals surface area contributed by atoms with Gasteiger partial charge in [-0.2, -0.15) is 4.98 Å². The first kappa shape index (κ1) is 10.4. The first-order valence-corrected chi connectivity index (χ1v) is 4.71. The Labute approximate surface area is 92.3 Å². The first-order valence-electron chi connectivity index (χ1n) is 4.71. The Hall–Kier alpha value is -2.09. The molecule has 1 atom stereocenters. The lowest BCUT2D eigenvalue weighted by Gasteiger charge is -2.28. The molecule has 8 heteroatoms. The number of nitrogens with one attached hydrogen (secondary N) is 2. The standard InChI is InChI=1S/C8H14N8/c1-8(11)4-3(13-7(10)16-8)5(12-2)15-6(9)14-4/h11H2,1-2H3,(H3,10,13,16)(H3,9,12,14,15). The Morgan fingerprint density at radius 2 is 2.00 bits per heavy atom. The molecule has 0 saturated carbocycles. The van der Waals surface area contributed by atoms with Crippen LogP contribution in [-0.4, -0.2) is 23.0 Å². The predicted molar refractivity (Wildman–Crippen MR) is 62.8 cm³/mol. The second-order valence-corrected chi connectivity index (χ2v) is 3.67. The highest BCUT2D eigenvalue weighted by Gasteiger charge is 2.32. The van der Waals surface area contributed by atoms with Crippen LogP contribution in [0.15, 0.2) is 4.99 Å². The van der Waals surface area contributed by atoms with Gasteiger partial charge >= 0.3 is 0 Å². The van der Waals surface area contributed by atoms with Gasteiger partial charge in [-0.3, -0.25) is 0 Å². The zero-order chi connectivity index (χ0) is 11.9. The number of anilines is 3. The summed E-state index contributed by atoms with van der Waals surface area (Å²) in [5, 5.41) is 5.76. The second-order valence-electron chi connectivity index (χ2n) is 3.67. The summed E-state index contributed by atoms with van der Waals surface area (Å²) in [4.78, 5) is 12.2. The van der Waals surface area contributed by atoms with E-state index >= 15 is 0 Å². The molecule has 0 radical (unpaired) electrons. The van der Waals surface area contributed by atoms with Crippen LogP contribution in [0.5, 0.6) is 0 Å². The van der Waals surface area contributed by atoms with Gasteiger partial charge in [0, 0.05) is 7.05 Å². The quantitative estimate of drug-likeness (QED) is 0.409. The first-order chi connectivity index (χ1) is 7.44. The van der Waals surface area contributed by atoms with Crippen molar-refractivity contribution in [1.29, 1.82) is 0 Å². The summed E-state index contributed by atoms with van der Waals surface area (Å²) in [6, 6.07) is 0. The number of fused-ring (bicyclic) bond motifs is 1. The van der Waals surface area contributed by atoms with Crippen molar-refractivity contribution < 1.29 is 0 Å². The van der Waals surface area contributed by atoms with E-state index < -0.39 is 5.66 Å². The molecule has 0 saturated heterocycles. The van der Waals surface area contributed by atoms with E-state index in [-0.39, 0.29) is 11.9 Å². The van der Waals surface area contributed by atoms with Crippen LogP contribution in [-0.2, 0) is 5.66 Å². The summed E-state index contributed by atoms with van der Waals surface area (Å²) >= 11 is 0. The molecular weight excluding hydrogens is 208 g/mol. The van der Waals surface area contributed by atoms with Gasteiger partial charge in [0.2, 0.25) is 5.95 Å². The molecule has 2 rings (SSSR count). The van der Waals surface area contributed by atoms with Gasteiger partial charge in [-0.15, -0.1) is 0 Å². The van der Waals surface area contributed by atoms with Crippen molar-refractivity contribution in [3.63, 3.8) is 0 Å². The molecule has 0 aromatic carbocycles. The van der Waals surface area contributed by atoms with Crippen LogP contribution in [0.25, 0.3) is 0 Å². The van der Waals surface area contributed by atoms with Gasteiger partial charge in [-0.1, -0.05) is 0 Å². The lowest BCUT2D eigenvalue weighted by atomic mass is 10.1. The molecule has 0 bridgehead atoms. The Morgan fingerprint density at radius 1 is 1.31 bits per heavy atom. The van der Waals surface area contributed by atoms with Crippen LogP contribution in [0, 0.1) is 0 Å². The average molecular weight is 222 g/mol. The van der Waals surface area contributed by atoms with E-state index in [1.165, 1.54) is 0 Å². The Bertz CT molecular complexity index is 463. The minimum Gasteiger partial charge on any atom is -0.371 e. The maximum atomic E-state index is 5.99. The fourth-order valence-corrected chi connectivity index (χ4v) is 1.60. The van der Waals surface area contributed by atoms with Gasteiger partial charge in [0.25, 0.3) is 0 Å². The molecule has 0 amide bonds. The normalized spacial score (nSPS) is 23.1. The summed E-state index contributed by atoms with van der Waals surface area (Å²) in [6.45, 7) is 1.70. The van der Waals surface area contributed by atoms with Crippen molar-refractivity contribution >= 4 is 23.4 Å². The molecule has 0 aliphatic carbocycles. The zero-order valence-corrected chi connectivity index (χ0v) is 9.07. The van der Waals surface area contributed by atoms with Crippen LogP contribution in [0.4, 0.5) is 17.5 Å². The van der Waals surface area contributed by atoms with E-state index in [9.17, 15) is 0 Å². The second kappa shape index (κ2) is 3.20. The monoisotopic (exact) mass is 222 g/mol. The number of aliphatic imine (C=N–C) groups is 1. The number of rotatable bonds is 1. The van der Waals surface area contributed by atoms with Gasteiger partial charge < -0.3 is 27.8 Å². The number of aromatic nitrogens is 2. The zero-order valence-electron chi connectivity index (χ0n) is 9.07. The van der Waals surface area contributed by atoms with E-state index in [0.29, 0.717) is 17.2 Å². The maximum Gasteiger partial charge on any atom is 0.222 e. The average Bonchev–Trinajstić information content (AvgIpc) is 2.17. The van der Waals surface area contributed by atoms with Crippen molar-refractivity contribution in [2.75, 3.05) is 23.4 Å². The summed E-state index contributed by atoms with van der Waals surface area (Å²) in [5.74, 6) is 0.900. The van der Waals surface area contributed by atoms with Gasteiger partial charge in [0.05, 0.1) is 0 Å². The molecular formula is C8H14N8. The predicted octanol–water partition coefficient (Wildman–Crippen LogP) is -1.03. The summed E-state index contributed by atoms with van der Waals surface area (Å²) in [5.41, 5.74) is 17.3. The number of hydrogen-bond donors (Lipinski definition) is 5. The van der Waals surface area contributed by atoms with Crippen LogP contribution >= 0.6 is 0 Å². The molecule has 0 fully saturated rings. The molecule has 1 unspecified atom stereocenters. The minimum atomic E-state index is -1.01. The molecule has 86 valence electrons. The highest BCUT2D eigenvalue weighted by molar-refractivity contribution is 5.98. The molecule has 1 aromatic heterocycles. The molecule has 16 heavy (non-hydrogen) atoms. The minimum absolute atomic E-state index is 0.136. The van der Waals surface area contributed by atoms with Crippen molar-refractivity contribution in [2.45, 2.75) is 12.6 Å². The third-order valence-electron chi connectivity index (χ3n) is 2.25. The summed E-state index contributed by atoms with van der Waals surface area (Å²) < 4.78 is 0.